The van der Waals surface area contributed by atoms with Crippen LogP contribution in [0.5, 0.6) is 5.75 Å². The third-order valence-electron chi connectivity index (χ3n) is 4.54. The van der Waals surface area contributed by atoms with Gasteiger partial charge in [-0.05, 0) is 42.8 Å². The molecule has 0 unspecified atom stereocenters. The number of hydrogen-bond acceptors (Lipinski definition) is 5. The fraction of sp³-hybridized carbons (Fsp3) is 0.333. The van der Waals surface area contributed by atoms with Gasteiger partial charge >= 0.3 is 0 Å². The maximum atomic E-state index is 13.2. The molecule has 6 nitrogen and oxygen atoms in total. The molecule has 1 aliphatic heterocycles. The minimum absolute atomic E-state index is 0. The van der Waals surface area contributed by atoms with Gasteiger partial charge in [0.25, 0.3) is 5.56 Å². The van der Waals surface area contributed by atoms with Crippen molar-refractivity contribution < 1.29 is 10.6 Å². The van der Waals surface area contributed by atoms with Crippen molar-refractivity contribution in [1.29, 1.82) is 0 Å². The number of aromatic nitrogens is 2. The van der Waals surface area contributed by atoms with Gasteiger partial charge in [-0.25, -0.2) is 4.98 Å². The summed E-state index contributed by atoms with van der Waals surface area (Å²) >= 11 is 1.62. The van der Waals surface area contributed by atoms with Gasteiger partial charge in [-0.3, -0.25) is 9.36 Å². The molecule has 1 saturated heterocycles. The summed E-state index contributed by atoms with van der Waals surface area (Å²) in [7, 11) is 0. The van der Waals surface area contributed by atoms with Gasteiger partial charge in [-0.15, -0.1) is 11.3 Å². The normalized spacial score (nSPS) is 14.5. The van der Waals surface area contributed by atoms with Crippen LogP contribution in [0, 0.1) is 0 Å². The van der Waals surface area contributed by atoms with Gasteiger partial charge in [0, 0.05) is 24.2 Å². The minimum Gasteiger partial charge on any atom is -0.505 e. The summed E-state index contributed by atoms with van der Waals surface area (Å²) in [6.07, 6.45) is 4.94. The largest absolute Gasteiger partial charge is 0.505 e. The van der Waals surface area contributed by atoms with Crippen LogP contribution >= 0.6 is 11.3 Å². The number of nitrogens with zero attached hydrogens (tertiary/aromatic N) is 3. The van der Waals surface area contributed by atoms with E-state index in [1.165, 1.54) is 6.42 Å². The molecule has 1 aliphatic rings. The molecule has 0 atom stereocenters. The number of hydrogen-bond donors (Lipinski definition) is 1. The fourth-order valence-electron chi connectivity index (χ4n) is 3.36. The molecule has 3 aromatic rings. The number of thiophene rings is 1. The maximum Gasteiger partial charge on any atom is 0.279 e. The Morgan fingerprint density at radius 2 is 1.96 bits per heavy atom. The second-order valence-electron chi connectivity index (χ2n) is 6.09. The van der Waals surface area contributed by atoms with Gasteiger partial charge in [-0.1, -0.05) is 6.07 Å². The topological polar surface area (TPSA) is 89.9 Å². The molecule has 1 fully saturated rings. The molecule has 0 amide bonds. The van der Waals surface area contributed by atoms with E-state index < -0.39 is 0 Å². The van der Waals surface area contributed by atoms with E-state index in [-0.39, 0.29) is 16.8 Å². The Labute approximate surface area is 149 Å². The van der Waals surface area contributed by atoms with Gasteiger partial charge in [0.1, 0.15) is 11.3 Å². The molecule has 7 heteroatoms. The van der Waals surface area contributed by atoms with E-state index in [0.717, 1.165) is 30.8 Å². The van der Waals surface area contributed by atoms with Crippen LogP contribution in [0.15, 0.2) is 40.6 Å². The maximum absolute atomic E-state index is 13.2. The van der Waals surface area contributed by atoms with Gasteiger partial charge in [0.05, 0.1) is 11.9 Å². The molecule has 3 N–H and O–H groups in total. The quantitative estimate of drug-likeness (QED) is 0.777. The molecular formula is C18H21N3O3S. The highest BCUT2D eigenvalue weighted by atomic mass is 32.1. The van der Waals surface area contributed by atoms with Crippen LogP contribution in [0.25, 0.3) is 11.0 Å². The summed E-state index contributed by atoms with van der Waals surface area (Å²) in [4.78, 5) is 20.6. The van der Waals surface area contributed by atoms with E-state index >= 15 is 0 Å². The zero-order valence-corrected chi connectivity index (χ0v) is 14.6. The molecule has 0 aliphatic carbocycles. The van der Waals surface area contributed by atoms with E-state index in [1.807, 2.05) is 28.5 Å². The summed E-state index contributed by atoms with van der Waals surface area (Å²) < 4.78 is 1.69. The Morgan fingerprint density at radius 3 is 2.68 bits per heavy atom. The highest BCUT2D eigenvalue weighted by Crippen LogP contribution is 2.33. The van der Waals surface area contributed by atoms with Crippen LogP contribution in [0.2, 0.25) is 0 Å². The molecule has 4 heterocycles. The zero-order valence-electron chi connectivity index (χ0n) is 13.8. The predicted molar refractivity (Wildman–Crippen MR) is 101 cm³/mol. The molecular weight excluding hydrogens is 338 g/mol. The number of aromatic hydroxyl groups is 1. The second kappa shape index (κ2) is 7.25. The van der Waals surface area contributed by atoms with E-state index in [0.29, 0.717) is 23.3 Å². The first-order chi connectivity index (χ1) is 11.8. The monoisotopic (exact) mass is 359 g/mol. The van der Waals surface area contributed by atoms with Crippen molar-refractivity contribution in [2.45, 2.75) is 25.8 Å². The number of rotatable bonds is 3. The summed E-state index contributed by atoms with van der Waals surface area (Å²) in [5, 5.41) is 13.4. The fourth-order valence-corrected chi connectivity index (χ4v) is 4.05. The highest BCUT2D eigenvalue weighted by Gasteiger charge is 2.23. The Bertz CT molecular complexity index is 915. The first-order valence-corrected chi connectivity index (χ1v) is 9.11. The van der Waals surface area contributed by atoms with Crippen LogP contribution in [-0.2, 0) is 6.54 Å². The first kappa shape index (κ1) is 17.4. The number of fused-ring (bicyclic) bond motifs is 1. The number of piperidine rings is 1. The van der Waals surface area contributed by atoms with Gasteiger partial charge in [-0.2, -0.15) is 0 Å². The van der Waals surface area contributed by atoms with Gasteiger partial charge in [0.15, 0.2) is 5.75 Å². The standard InChI is InChI=1S/C18H19N3O2S.H2O/c22-16-14-7-4-8-19-17(14)21(12-13-6-5-11-24-13)18(23)15(16)20-9-2-1-3-10-20;/h4-8,11,22H,1-3,9-10,12H2;1H2. The van der Waals surface area contributed by atoms with Crippen molar-refractivity contribution in [3.05, 3.63) is 51.1 Å². The Kier molecular flexibility index (Phi) is 5.06. The lowest BCUT2D eigenvalue weighted by Crippen LogP contribution is -2.36. The molecule has 0 bridgehead atoms. The summed E-state index contributed by atoms with van der Waals surface area (Å²) in [6, 6.07) is 7.61. The Morgan fingerprint density at radius 1 is 1.16 bits per heavy atom. The van der Waals surface area contributed by atoms with Crippen molar-refractivity contribution in [2.24, 2.45) is 0 Å². The van der Waals surface area contributed by atoms with Crippen LogP contribution in [0.3, 0.4) is 0 Å². The molecule has 0 radical (unpaired) electrons. The predicted octanol–water partition coefficient (Wildman–Crippen LogP) is 2.38. The van der Waals surface area contributed by atoms with Crippen molar-refractivity contribution in [3.8, 4) is 5.75 Å². The third-order valence-corrected chi connectivity index (χ3v) is 5.40. The summed E-state index contributed by atoms with van der Waals surface area (Å²) in [6.45, 7) is 2.10. The Hall–Kier alpha value is -2.38. The molecule has 0 spiro atoms. The van der Waals surface area contributed by atoms with E-state index in [2.05, 4.69) is 4.98 Å². The van der Waals surface area contributed by atoms with Crippen LogP contribution in [0.1, 0.15) is 24.1 Å². The highest BCUT2D eigenvalue weighted by molar-refractivity contribution is 7.09. The van der Waals surface area contributed by atoms with Crippen molar-refractivity contribution in [2.75, 3.05) is 18.0 Å². The zero-order chi connectivity index (χ0) is 16.5. The number of pyridine rings is 2. The number of anilines is 1. The van der Waals surface area contributed by atoms with Crippen molar-refractivity contribution in [1.82, 2.24) is 9.55 Å². The average Bonchev–Trinajstić information content (AvgIpc) is 3.13. The SMILES string of the molecule is O.O=c1c(N2CCCCC2)c(O)c2cccnc2n1Cc1cccs1. The average molecular weight is 359 g/mol. The Balaban J connectivity index is 0.00000182. The molecule has 0 saturated carbocycles. The van der Waals surface area contributed by atoms with E-state index in [4.69, 9.17) is 0 Å². The molecule has 0 aromatic carbocycles. The lowest BCUT2D eigenvalue weighted by molar-refractivity contribution is 0.472. The van der Waals surface area contributed by atoms with E-state index in [9.17, 15) is 9.90 Å². The van der Waals surface area contributed by atoms with Gasteiger partial charge in [0.2, 0.25) is 0 Å². The lowest BCUT2D eigenvalue weighted by atomic mass is 10.1. The van der Waals surface area contributed by atoms with Crippen LogP contribution < -0.4 is 10.5 Å². The third kappa shape index (κ3) is 3.12. The first-order valence-electron chi connectivity index (χ1n) is 8.23. The van der Waals surface area contributed by atoms with Crippen molar-refractivity contribution in [3.63, 3.8) is 0 Å². The van der Waals surface area contributed by atoms with E-state index in [1.54, 1.807) is 28.2 Å². The molecule has 3 aromatic heterocycles. The van der Waals surface area contributed by atoms with Crippen molar-refractivity contribution >= 4 is 28.1 Å². The molecule has 132 valence electrons. The smallest absolute Gasteiger partial charge is 0.279 e. The summed E-state index contributed by atoms with van der Waals surface area (Å²) in [5.41, 5.74) is 0.801. The lowest BCUT2D eigenvalue weighted by Gasteiger charge is -2.29. The minimum atomic E-state index is -0.158. The second-order valence-corrected chi connectivity index (χ2v) is 7.12. The molecule has 25 heavy (non-hydrogen) atoms. The van der Waals surface area contributed by atoms with Gasteiger partial charge < -0.3 is 15.5 Å². The summed E-state index contributed by atoms with van der Waals surface area (Å²) in [5.74, 6) is 0.0624. The van der Waals surface area contributed by atoms with Crippen LogP contribution in [0.4, 0.5) is 5.69 Å². The molecule has 4 rings (SSSR count). The van der Waals surface area contributed by atoms with Crippen LogP contribution in [-0.4, -0.2) is 33.2 Å².